The van der Waals surface area contributed by atoms with E-state index in [9.17, 15) is 22.8 Å². The maximum absolute atomic E-state index is 12.3. The van der Waals surface area contributed by atoms with Crippen molar-refractivity contribution in [1.82, 2.24) is 4.98 Å². The molecule has 1 unspecified atom stereocenters. The number of nitrogens with two attached hydrogens (primary N) is 1. The second kappa shape index (κ2) is 7.73. The van der Waals surface area contributed by atoms with E-state index >= 15 is 0 Å². The first-order chi connectivity index (χ1) is 13.2. The van der Waals surface area contributed by atoms with Crippen LogP contribution in [0.25, 0.3) is 10.9 Å². The van der Waals surface area contributed by atoms with Crippen LogP contribution in [0.4, 0.5) is 18.9 Å². The van der Waals surface area contributed by atoms with Gasteiger partial charge in [0.25, 0.3) is 0 Å². The van der Waals surface area contributed by atoms with Gasteiger partial charge in [-0.15, -0.1) is 13.2 Å². The molecule has 0 radical (unpaired) electrons. The van der Waals surface area contributed by atoms with E-state index in [2.05, 4.69) is 15.0 Å². The van der Waals surface area contributed by atoms with Crippen LogP contribution in [0.1, 0.15) is 5.56 Å². The number of para-hydroxylation sites is 1. The Labute approximate surface area is 157 Å². The molecule has 1 heterocycles. The smallest absolute Gasteiger partial charge is 0.406 e. The van der Waals surface area contributed by atoms with Crippen LogP contribution in [0.2, 0.25) is 0 Å². The number of aromatic amines is 1. The average molecular weight is 391 g/mol. The molecule has 9 heteroatoms. The van der Waals surface area contributed by atoms with Gasteiger partial charge >= 0.3 is 6.36 Å². The fraction of sp³-hybridized carbons (Fsp3) is 0.158. The Hall–Kier alpha value is -3.33. The minimum absolute atomic E-state index is 0.0784. The lowest BCUT2D eigenvalue weighted by atomic mass is 10.0. The summed E-state index contributed by atoms with van der Waals surface area (Å²) >= 11 is 0. The molecule has 0 spiro atoms. The van der Waals surface area contributed by atoms with Crippen LogP contribution in [0, 0.1) is 0 Å². The molecule has 6 nitrogen and oxygen atoms in total. The van der Waals surface area contributed by atoms with Crippen LogP contribution >= 0.6 is 0 Å². The summed E-state index contributed by atoms with van der Waals surface area (Å²) in [6.07, 6.45) is -4.75. The summed E-state index contributed by atoms with van der Waals surface area (Å²) in [5.41, 5.74) is 6.94. The van der Waals surface area contributed by atoms with Crippen LogP contribution in [0.3, 0.4) is 0 Å². The van der Waals surface area contributed by atoms with Crippen molar-refractivity contribution in [3.05, 3.63) is 70.5 Å². The third-order valence-corrected chi connectivity index (χ3v) is 3.95. The molecule has 4 N–H and O–H groups in total. The Morgan fingerprint density at radius 2 is 1.89 bits per heavy atom. The van der Waals surface area contributed by atoms with Gasteiger partial charge in [0.05, 0.1) is 6.04 Å². The Morgan fingerprint density at radius 1 is 1.14 bits per heavy atom. The number of pyridine rings is 1. The number of halogens is 3. The molecule has 0 aliphatic rings. The van der Waals surface area contributed by atoms with Crippen molar-refractivity contribution in [3.8, 4) is 5.75 Å². The second-order valence-electron chi connectivity index (χ2n) is 6.08. The minimum Gasteiger partial charge on any atom is -0.406 e. The number of fused-ring (bicyclic) bond motifs is 1. The van der Waals surface area contributed by atoms with Gasteiger partial charge in [-0.1, -0.05) is 24.3 Å². The zero-order valence-corrected chi connectivity index (χ0v) is 14.4. The maximum Gasteiger partial charge on any atom is 0.573 e. The number of H-pyrrole nitrogens is 1. The highest BCUT2D eigenvalue weighted by Crippen LogP contribution is 2.25. The molecule has 0 aliphatic carbocycles. The van der Waals surface area contributed by atoms with Gasteiger partial charge in [-0.3, -0.25) is 9.59 Å². The predicted molar refractivity (Wildman–Crippen MR) is 98.0 cm³/mol. The highest BCUT2D eigenvalue weighted by molar-refractivity contribution is 5.95. The van der Waals surface area contributed by atoms with E-state index in [0.29, 0.717) is 11.1 Å². The molecule has 1 aromatic heterocycles. The van der Waals surface area contributed by atoms with Gasteiger partial charge in [0.2, 0.25) is 11.5 Å². The van der Waals surface area contributed by atoms with Crippen molar-refractivity contribution < 1.29 is 22.7 Å². The zero-order chi connectivity index (χ0) is 20.3. The molecule has 1 amide bonds. The van der Waals surface area contributed by atoms with Gasteiger partial charge in [-0.25, -0.2) is 0 Å². The fourth-order valence-corrected chi connectivity index (χ4v) is 2.78. The molecular weight excluding hydrogens is 375 g/mol. The van der Waals surface area contributed by atoms with Crippen molar-refractivity contribution >= 4 is 22.5 Å². The van der Waals surface area contributed by atoms with Crippen LogP contribution in [0.15, 0.2) is 59.4 Å². The molecule has 0 fully saturated rings. The molecule has 0 aliphatic heterocycles. The van der Waals surface area contributed by atoms with Crippen LogP contribution in [0.5, 0.6) is 5.75 Å². The summed E-state index contributed by atoms with van der Waals surface area (Å²) in [5.74, 6) is -1.06. The van der Waals surface area contributed by atoms with E-state index < -0.39 is 24.1 Å². The Balaban J connectivity index is 1.74. The monoisotopic (exact) mass is 391 g/mol. The quantitative estimate of drug-likeness (QED) is 0.623. The topological polar surface area (TPSA) is 97.2 Å². The van der Waals surface area contributed by atoms with Crippen LogP contribution in [-0.2, 0) is 11.2 Å². The number of rotatable bonds is 5. The first kappa shape index (κ1) is 19.4. The maximum atomic E-state index is 12.3. The first-order valence-electron chi connectivity index (χ1n) is 8.24. The molecule has 0 bridgehead atoms. The summed E-state index contributed by atoms with van der Waals surface area (Å²) in [5, 5.41) is 3.21. The van der Waals surface area contributed by atoms with Gasteiger partial charge in [0.15, 0.2) is 0 Å². The van der Waals surface area contributed by atoms with E-state index in [4.69, 9.17) is 5.73 Å². The zero-order valence-electron chi connectivity index (χ0n) is 14.4. The van der Waals surface area contributed by atoms with E-state index in [-0.39, 0.29) is 17.7 Å². The number of hydrogen-bond acceptors (Lipinski definition) is 4. The third-order valence-electron chi connectivity index (χ3n) is 3.95. The number of alkyl halides is 3. The highest BCUT2D eigenvalue weighted by Gasteiger charge is 2.31. The normalized spacial score (nSPS) is 12.6. The number of anilines is 1. The fourth-order valence-electron chi connectivity index (χ4n) is 2.78. The molecular formula is C19H16F3N3O3. The number of hydrogen-bond donors (Lipinski definition) is 3. The SMILES string of the molecule is NC(Cc1cc(=O)[nH]c2ccccc12)C(=O)Nc1cccc(OC(F)(F)F)c1. The number of nitrogens with one attached hydrogen (secondary N) is 2. The predicted octanol–water partition coefficient (Wildman–Crippen LogP) is 2.94. The van der Waals surface area contributed by atoms with Crippen molar-refractivity contribution in [2.75, 3.05) is 5.32 Å². The molecule has 1 atom stereocenters. The Bertz CT molecular complexity index is 1060. The number of aromatic nitrogens is 1. The molecule has 3 rings (SSSR count). The summed E-state index contributed by atoms with van der Waals surface area (Å²) in [6, 6.07) is 12.3. The van der Waals surface area contributed by atoms with Crippen molar-refractivity contribution in [1.29, 1.82) is 0 Å². The van der Waals surface area contributed by atoms with Gasteiger partial charge in [0, 0.05) is 28.7 Å². The van der Waals surface area contributed by atoms with Gasteiger partial charge in [0.1, 0.15) is 5.75 Å². The summed E-state index contributed by atoms with van der Waals surface area (Å²) < 4.78 is 40.7. The van der Waals surface area contributed by atoms with Crippen LogP contribution in [-0.4, -0.2) is 23.3 Å². The molecule has 3 aromatic rings. The van der Waals surface area contributed by atoms with Crippen molar-refractivity contribution in [3.63, 3.8) is 0 Å². The lowest BCUT2D eigenvalue weighted by Gasteiger charge is -2.15. The Morgan fingerprint density at radius 3 is 2.64 bits per heavy atom. The number of carbonyl (C=O) groups is 1. The summed E-state index contributed by atoms with van der Waals surface area (Å²) in [4.78, 5) is 26.8. The summed E-state index contributed by atoms with van der Waals surface area (Å²) in [6.45, 7) is 0. The molecule has 2 aromatic carbocycles. The Kier molecular flexibility index (Phi) is 5.36. The van der Waals surface area contributed by atoms with Gasteiger partial charge < -0.3 is 20.8 Å². The van der Waals surface area contributed by atoms with Crippen molar-refractivity contribution in [2.45, 2.75) is 18.8 Å². The molecule has 0 saturated carbocycles. The number of benzene rings is 2. The van der Waals surface area contributed by atoms with E-state index in [0.717, 1.165) is 17.5 Å². The van der Waals surface area contributed by atoms with Gasteiger partial charge in [-0.2, -0.15) is 0 Å². The molecule has 146 valence electrons. The standard InChI is InChI=1S/C19H16F3N3O3/c20-19(21,22)28-13-5-3-4-12(10-13)24-18(27)15(23)8-11-9-17(26)25-16-7-2-1-6-14(11)16/h1-7,9-10,15H,8,23H2,(H,24,27)(H,25,26). The van der Waals surface area contributed by atoms with Crippen LogP contribution < -0.4 is 21.3 Å². The lowest BCUT2D eigenvalue weighted by molar-refractivity contribution is -0.274. The number of carbonyl (C=O) groups excluding carboxylic acids is 1. The molecule has 0 saturated heterocycles. The summed E-state index contributed by atoms with van der Waals surface area (Å²) in [7, 11) is 0. The highest BCUT2D eigenvalue weighted by atomic mass is 19.4. The largest absolute Gasteiger partial charge is 0.573 e. The van der Waals surface area contributed by atoms with E-state index in [1.807, 2.05) is 0 Å². The van der Waals surface area contributed by atoms with Crippen molar-refractivity contribution in [2.24, 2.45) is 5.73 Å². The first-order valence-corrected chi connectivity index (χ1v) is 8.24. The third kappa shape index (κ3) is 4.89. The minimum atomic E-state index is -4.83. The second-order valence-corrected chi connectivity index (χ2v) is 6.08. The van der Waals surface area contributed by atoms with E-state index in [1.54, 1.807) is 24.3 Å². The van der Waals surface area contributed by atoms with E-state index in [1.165, 1.54) is 18.2 Å². The van der Waals surface area contributed by atoms with Gasteiger partial charge in [-0.05, 0) is 30.2 Å². The average Bonchev–Trinajstić information content (AvgIpc) is 2.60. The number of amides is 1. The lowest BCUT2D eigenvalue weighted by Crippen LogP contribution is -2.37. The number of ether oxygens (including phenoxy) is 1. The molecule has 28 heavy (non-hydrogen) atoms.